The third-order valence-corrected chi connectivity index (χ3v) is 2.72. The largest absolute Gasteiger partial charge is 0.298 e. The molecule has 0 aromatic rings. The first-order valence-corrected chi connectivity index (χ1v) is 5.45. The average Bonchev–Trinajstić information content (AvgIpc) is 2.32. The Kier molecular flexibility index (Phi) is 4.43. The predicted octanol–water partition coefficient (Wildman–Crippen LogP) is 2.09. The molecule has 0 saturated carbocycles. The molecular weight excluding hydrogens is 162 g/mol. The second kappa shape index (κ2) is 5.38. The summed E-state index contributed by atoms with van der Waals surface area (Å²) in [6.45, 7) is 6.90. The zero-order valence-corrected chi connectivity index (χ0v) is 8.88. The standard InChI is InChI=1S/C11H21NO/c1-10(2)11(13)9-12-7-5-3-4-6-8-12/h10H,3-9H2,1-2H3. The Labute approximate surface area is 81.3 Å². The van der Waals surface area contributed by atoms with Crippen molar-refractivity contribution in [3.05, 3.63) is 0 Å². The average molecular weight is 183 g/mol. The summed E-state index contributed by atoms with van der Waals surface area (Å²) in [7, 11) is 0. The van der Waals surface area contributed by atoms with Gasteiger partial charge >= 0.3 is 0 Å². The van der Waals surface area contributed by atoms with Crippen LogP contribution in [-0.4, -0.2) is 30.3 Å². The van der Waals surface area contributed by atoms with Crippen LogP contribution < -0.4 is 0 Å². The summed E-state index contributed by atoms with van der Waals surface area (Å²) in [5, 5.41) is 0. The molecule has 1 saturated heterocycles. The van der Waals surface area contributed by atoms with Crippen LogP contribution in [0.2, 0.25) is 0 Å². The molecule has 0 aromatic heterocycles. The lowest BCUT2D eigenvalue weighted by atomic mass is 10.1. The van der Waals surface area contributed by atoms with Crippen molar-refractivity contribution in [1.29, 1.82) is 0 Å². The molecular formula is C11H21NO. The Morgan fingerprint density at radius 2 is 1.69 bits per heavy atom. The first-order chi connectivity index (χ1) is 6.20. The number of hydrogen-bond donors (Lipinski definition) is 0. The third-order valence-electron chi connectivity index (χ3n) is 2.72. The lowest BCUT2D eigenvalue weighted by molar-refractivity contribution is -0.123. The minimum atomic E-state index is 0.197. The Bertz CT molecular complexity index is 157. The molecule has 0 amide bonds. The van der Waals surface area contributed by atoms with Gasteiger partial charge in [0.05, 0.1) is 6.54 Å². The first kappa shape index (κ1) is 10.7. The van der Waals surface area contributed by atoms with E-state index in [-0.39, 0.29) is 5.92 Å². The van der Waals surface area contributed by atoms with E-state index < -0.39 is 0 Å². The van der Waals surface area contributed by atoms with Crippen molar-refractivity contribution in [2.24, 2.45) is 5.92 Å². The number of likely N-dealkylation sites (tertiary alicyclic amines) is 1. The first-order valence-electron chi connectivity index (χ1n) is 5.45. The highest BCUT2D eigenvalue weighted by atomic mass is 16.1. The minimum absolute atomic E-state index is 0.197. The summed E-state index contributed by atoms with van der Waals surface area (Å²) in [4.78, 5) is 13.8. The van der Waals surface area contributed by atoms with Crippen molar-refractivity contribution in [3.63, 3.8) is 0 Å². The Morgan fingerprint density at radius 1 is 1.15 bits per heavy atom. The molecule has 76 valence electrons. The van der Waals surface area contributed by atoms with Gasteiger partial charge in [-0.1, -0.05) is 26.7 Å². The van der Waals surface area contributed by atoms with Gasteiger partial charge in [-0.3, -0.25) is 9.69 Å². The molecule has 0 unspecified atom stereocenters. The zero-order valence-electron chi connectivity index (χ0n) is 8.88. The van der Waals surface area contributed by atoms with Crippen LogP contribution in [0.5, 0.6) is 0 Å². The van der Waals surface area contributed by atoms with E-state index in [1.165, 1.54) is 25.7 Å². The van der Waals surface area contributed by atoms with E-state index in [1.807, 2.05) is 13.8 Å². The third kappa shape index (κ3) is 3.90. The highest BCUT2D eigenvalue weighted by Gasteiger charge is 2.14. The quantitative estimate of drug-likeness (QED) is 0.667. The van der Waals surface area contributed by atoms with E-state index in [0.29, 0.717) is 12.3 Å². The van der Waals surface area contributed by atoms with Crippen LogP contribution in [0.25, 0.3) is 0 Å². The molecule has 1 heterocycles. The molecule has 0 bridgehead atoms. The summed E-state index contributed by atoms with van der Waals surface area (Å²) in [6, 6.07) is 0. The van der Waals surface area contributed by atoms with Gasteiger partial charge in [-0.25, -0.2) is 0 Å². The number of Topliss-reactive ketones (excluding diaryl/α,β-unsaturated/α-hetero) is 1. The van der Waals surface area contributed by atoms with Gasteiger partial charge in [0.15, 0.2) is 0 Å². The van der Waals surface area contributed by atoms with Crippen molar-refractivity contribution >= 4 is 5.78 Å². The number of rotatable bonds is 3. The van der Waals surface area contributed by atoms with Gasteiger partial charge < -0.3 is 0 Å². The van der Waals surface area contributed by atoms with Crippen LogP contribution in [-0.2, 0) is 4.79 Å². The molecule has 1 rings (SSSR count). The Hall–Kier alpha value is -0.370. The SMILES string of the molecule is CC(C)C(=O)CN1CCCCCC1. The summed E-state index contributed by atoms with van der Waals surface area (Å²) in [5.41, 5.74) is 0. The minimum Gasteiger partial charge on any atom is -0.298 e. The van der Waals surface area contributed by atoms with Gasteiger partial charge in [-0.15, -0.1) is 0 Å². The molecule has 0 aliphatic carbocycles. The molecule has 0 radical (unpaired) electrons. The molecule has 0 atom stereocenters. The van der Waals surface area contributed by atoms with Crippen LogP contribution in [0.4, 0.5) is 0 Å². The number of carbonyl (C=O) groups excluding carboxylic acids is 1. The molecule has 1 aliphatic rings. The maximum atomic E-state index is 11.5. The van der Waals surface area contributed by atoms with Crippen LogP contribution in [0.15, 0.2) is 0 Å². The van der Waals surface area contributed by atoms with Crippen molar-refractivity contribution in [2.45, 2.75) is 39.5 Å². The van der Waals surface area contributed by atoms with Gasteiger partial charge in [0.1, 0.15) is 5.78 Å². The molecule has 1 fully saturated rings. The number of carbonyl (C=O) groups is 1. The van der Waals surface area contributed by atoms with E-state index >= 15 is 0 Å². The Morgan fingerprint density at radius 3 is 2.15 bits per heavy atom. The summed E-state index contributed by atoms with van der Waals surface area (Å²) >= 11 is 0. The van der Waals surface area contributed by atoms with E-state index in [1.54, 1.807) is 0 Å². The van der Waals surface area contributed by atoms with Crippen molar-refractivity contribution in [3.8, 4) is 0 Å². The summed E-state index contributed by atoms with van der Waals surface area (Å²) in [6.07, 6.45) is 5.22. The van der Waals surface area contributed by atoms with Gasteiger partial charge in [0.2, 0.25) is 0 Å². The van der Waals surface area contributed by atoms with Crippen LogP contribution in [0.3, 0.4) is 0 Å². The molecule has 2 heteroatoms. The smallest absolute Gasteiger partial charge is 0.149 e. The molecule has 1 aliphatic heterocycles. The van der Waals surface area contributed by atoms with Crippen LogP contribution in [0, 0.1) is 5.92 Å². The second-order valence-electron chi connectivity index (χ2n) is 4.31. The highest BCUT2D eigenvalue weighted by Crippen LogP contribution is 2.10. The fourth-order valence-electron chi connectivity index (χ4n) is 1.70. The predicted molar refractivity (Wildman–Crippen MR) is 54.8 cm³/mol. The molecule has 0 spiro atoms. The van der Waals surface area contributed by atoms with Crippen LogP contribution in [0.1, 0.15) is 39.5 Å². The Balaban J connectivity index is 2.29. The summed E-state index contributed by atoms with van der Waals surface area (Å²) < 4.78 is 0. The molecule has 2 nitrogen and oxygen atoms in total. The molecule has 0 N–H and O–H groups in total. The van der Waals surface area contributed by atoms with Gasteiger partial charge in [-0.05, 0) is 25.9 Å². The fourth-order valence-corrected chi connectivity index (χ4v) is 1.70. The number of ketones is 1. The van der Waals surface area contributed by atoms with E-state index in [4.69, 9.17) is 0 Å². The maximum absolute atomic E-state index is 11.5. The van der Waals surface area contributed by atoms with Crippen LogP contribution >= 0.6 is 0 Å². The lowest BCUT2D eigenvalue weighted by Gasteiger charge is -2.19. The van der Waals surface area contributed by atoms with E-state index in [9.17, 15) is 4.79 Å². The van der Waals surface area contributed by atoms with E-state index in [2.05, 4.69) is 4.90 Å². The van der Waals surface area contributed by atoms with Crippen molar-refractivity contribution < 1.29 is 4.79 Å². The zero-order chi connectivity index (χ0) is 9.68. The fraction of sp³-hybridized carbons (Fsp3) is 0.909. The topological polar surface area (TPSA) is 20.3 Å². The monoisotopic (exact) mass is 183 g/mol. The van der Waals surface area contributed by atoms with Gasteiger partial charge in [0, 0.05) is 5.92 Å². The van der Waals surface area contributed by atoms with Gasteiger partial charge in [0.25, 0.3) is 0 Å². The van der Waals surface area contributed by atoms with Crippen molar-refractivity contribution in [1.82, 2.24) is 4.90 Å². The van der Waals surface area contributed by atoms with Crippen molar-refractivity contribution in [2.75, 3.05) is 19.6 Å². The number of nitrogens with zero attached hydrogens (tertiary/aromatic N) is 1. The highest BCUT2D eigenvalue weighted by molar-refractivity contribution is 5.82. The molecule has 0 aromatic carbocycles. The lowest BCUT2D eigenvalue weighted by Crippen LogP contribution is -2.32. The van der Waals surface area contributed by atoms with E-state index in [0.717, 1.165) is 13.1 Å². The molecule has 13 heavy (non-hydrogen) atoms. The maximum Gasteiger partial charge on any atom is 0.149 e. The summed E-state index contributed by atoms with van der Waals surface area (Å²) in [5.74, 6) is 0.588. The second-order valence-corrected chi connectivity index (χ2v) is 4.31. The number of hydrogen-bond acceptors (Lipinski definition) is 2. The normalized spacial score (nSPS) is 20.2. The van der Waals surface area contributed by atoms with Gasteiger partial charge in [-0.2, -0.15) is 0 Å².